The first kappa shape index (κ1) is 37.5. The number of rotatable bonds is 8. The van der Waals surface area contributed by atoms with Crippen molar-refractivity contribution in [3.05, 3.63) is 47.5 Å². The monoisotopic (exact) mass is 753 g/mol. The number of thiazole rings is 1. The number of ether oxygens (including phenoxy) is 2. The smallest absolute Gasteiger partial charge is 0.320 e. The lowest BCUT2D eigenvalue weighted by Crippen LogP contribution is -2.58. The van der Waals surface area contributed by atoms with Crippen molar-refractivity contribution < 1.29 is 32.3 Å². The Morgan fingerprint density at radius 2 is 1.94 bits per heavy atom. The van der Waals surface area contributed by atoms with E-state index in [0.717, 1.165) is 46.1 Å². The van der Waals surface area contributed by atoms with Gasteiger partial charge in [-0.1, -0.05) is 32.4 Å². The van der Waals surface area contributed by atoms with E-state index in [2.05, 4.69) is 23.9 Å². The van der Waals surface area contributed by atoms with Crippen molar-refractivity contribution in [2.75, 3.05) is 41.3 Å². The first-order valence-electron chi connectivity index (χ1n) is 17.6. The number of hydrogen-bond donors (Lipinski definition) is 2. The van der Waals surface area contributed by atoms with Crippen molar-refractivity contribution >= 4 is 50.3 Å². The van der Waals surface area contributed by atoms with Crippen LogP contribution in [0.3, 0.4) is 0 Å². The van der Waals surface area contributed by atoms with E-state index in [1.54, 1.807) is 19.1 Å². The van der Waals surface area contributed by atoms with Gasteiger partial charge in [0.25, 0.3) is 5.91 Å². The van der Waals surface area contributed by atoms with Gasteiger partial charge in [-0.3, -0.25) is 9.59 Å². The lowest BCUT2D eigenvalue weighted by atomic mass is 10.1. The molecule has 0 bridgehead atoms. The molecule has 4 amide bonds. The van der Waals surface area contributed by atoms with Gasteiger partial charge in [-0.15, -0.1) is 11.3 Å². The minimum absolute atomic E-state index is 0.114. The van der Waals surface area contributed by atoms with Gasteiger partial charge in [0.15, 0.2) is 0 Å². The van der Waals surface area contributed by atoms with Crippen molar-refractivity contribution in [3.63, 3.8) is 0 Å². The Bertz CT molecular complexity index is 1980. The molecule has 4 atom stereocenters. The van der Waals surface area contributed by atoms with Gasteiger partial charge in [-0.2, -0.15) is 12.7 Å². The van der Waals surface area contributed by atoms with Crippen LogP contribution in [0, 0.1) is 5.92 Å². The van der Waals surface area contributed by atoms with E-state index in [1.165, 1.54) is 30.3 Å². The van der Waals surface area contributed by atoms with Gasteiger partial charge in [0, 0.05) is 62.9 Å². The van der Waals surface area contributed by atoms with Gasteiger partial charge < -0.3 is 24.6 Å². The van der Waals surface area contributed by atoms with Crippen LogP contribution in [0.2, 0.25) is 0 Å². The molecule has 2 fully saturated rings. The standard InChI is InChI=1S/C36H47N7O7S2/c1-22(2)29-21-51-33(38-29)28-18-31(26-14-13-24(49-6)16-27(26)37-28)50-25-17-30-32(44)39-36(34(45)40-52(47,48)41(3)4)19-23(36)12-10-8-7-9-11-15-42(5)35(46)43(30)20-25/h10,12-14,16,18,21-23,25,30H,7-9,11,15,17,19-20H2,1-6H3,(H,39,44)(H,40,45)/b12-10-/t23-,25-,30+,36-/m1/s1. The zero-order valence-electron chi connectivity index (χ0n) is 30.4. The van der Waals surface area contributed by atoms with Gasteiger partial charge in [-0.05, 0) is 43.7 Å². The molecule has 1 saturated carbocycles. The maximum Gasteiger partial charge on any atom is 0.320 e. The van der Waals surface area contributed by atoms with E-state index >= 15 is 0 Å². The van der Waals surface area contributed by atoms with Gasteiger partial charge in [0.2, 0.25) is 5.91 Å². The molecule has 0 radical (unpaired) electrons. The average Bonchev–Trinajstić information content (AvgIpc) is 3.40. The molecule has 3 aliphatic rings. The van der Waals surface area contributed by atoms with Crippen molar-refractivity contribution in [2.45, 2.75) is 76.0 Å². The number of nitrogens with zero attached hydrogens (tertiary/aromatic N) is 5. The highest BCUT2D eigenvalue weighted by Crippen LogP contribution is 2.46. The van der Waals surface area contributed by atoms with Crippen LogP contribution < -0.4 is 19.5 Å². The van der Waals surface area contributed by atoms with E-state index in [-0.39, 0.29) is 31.3 Å². The Hall–Kier alpha value is -4.28. The minimum atomic E-state index is -4.12. The second-order valence-electron chi connectivity index (χ2n) is 14.2. The van der Waals surface area contributed by atoms with E-state index in [0.29, 0.717) is 29.3 Å². The summed E-state index contributed by atoms with van der Waals surface area (Å²) in [6.45, 7) is 4.79. The van der Waals surface area contributed by atoms with Crippen LogP contribution in [-0.2, 0) is 19.8 Å². The fraction of sp³-hybridized carbons (Fsp3) is 0.528. The molecule has 2 N–H and O–H groups in total. The topological polar surface area (TPSA) is 163 Å². The first-order valence-corrected chi connectivity index (χ1v) is 19.9. The molecular formula is C36H47N7O7S2. The number of pyridine rings is 1. The highest BCUT2D eigenvalue weighted by molar-refractivity contribution is 7.87. The van der Waals surface area contributed by atoms with Crippen LogP contribution in [0.1, 0.15) is 64.0 Å². The molecule has 1 aromatic carbocycles. The molecule has 1 aliphatic carbocycles. The summed E-state index contributed by atoms with van der Waals surface area (Å²) in [7, 11) is 1.82. The number of allylic oxidation sites excluding steroid dienone is 1. The molecule has 2 aliphatic heterocycles. The van der Waals surface area contributed by atoms with E-state index < -0.39 is 45.6 Å². The number of hydrogen-bond acceptors (Lipinski definition) is 10. The molecular weight excluding hydrogens is 707 g/mol. The number of fused-ring (bicyclic) bond motifs is 3. The third kappa shape index (κ3) is 7.74. The van der Waals surface area contributed by atoms with Crippen LogP contribution in [0.25, 0.3) is 21.6 Å². The van der Waals surface area contributed by atoms with Crippen LogP contribution in [0.4, 0.5) is 4.79 Å². The molecule has 4 heterocycles. The van der Waals surface area contributed by atoms with E-state index in [4.69, 9.17) is 19.4 Å². The minimum Gasteiger partial charge on any atom is -0.497 e. The number of methoxy groups -OCH3 is 1. The first-order chi connectivity index (χ1) is 24.7. The van der Waals surface area contributed by atoms with Gasteiger partial charge in [0.05, 0.1) is 24.9 Å². The third-order valence-corrected chi connectivity index (χ3v) is 12.2. The summed E-state index contributed by atoms with van der Waals surface area (Å²) >= 11 is 1.50. The third-order valence-electron chi connectivity index (χ3n) is 9.94. The summed E-state index contributed by atoms with van der Waals surface area (Å²) in [5, 5.41) is 6.37. The van der Waals surface area contributed by atoms with Crippen LogP contribution in [0.15, 0.2) is 41.8 Å². The number of carbonyl (C=O) groups excluding carboxylic acids is 3. The zero-order chi connectivity index (χ0) is 37.4. The summed E-state index contributed by atoms with van der Waals surface area (Å²) in [4.78, 5) is 54.6. The molecule has 2 aromatic heterocycles. The zero-order valence-corrected chi connectivity index (χ0v) is 32.1. The van der Waals surface area contributed by atoms with Crippen molar-refractivity contribution in [1.29, 1.82) is 0 Å². The van der Waals surface area contributed by atoms with Crippen molar-refractivity contribution in [3.8, 4) is 22.2 Å². The Morgan fingerprint density at radius 1 is 1.15 bits per heavy atom. The molecule has 16 heteroatoms. The second-order valence-corrected chi connectivity index (χ2v) is 17.0. The summed E-state index contributed by atoms with van der Waals surface area (Å²) in [6, 6.07) is 6.05. The van der Waals surface area contributed by atoms with E-state index in [1.807, 2.05) is 41.8 Å². The fourth-order valence-electron chi connectivity index (χ4n) is 6.65. The maximum absolute atomic E-state index is 14.2. The maximum atomic E-state index is 14.2. The summed E-state index contributed by atoms with van der Waals surface area (Å²) < 4.78 is 40.5. The molecule has 52 heavy (non-hydrogen) atoms. The predicted octanol–water partition coefficient (Wildman–Crippen LogP) is 4.29. The molecule has 6 rings (SSSR count). The molecule has 14 nitrogen and oxygen atoms in total. The Kier molecular flexibility index (Phi) is 10.8. The molecule has 0 spiro atoms. The summed E-state index contributed by atoms with van der Waals surface area (Å²) in [6.07, 6.45) is 6.98. The second kappa shape index (κ2) is 15.0. The van der Waals surface area contributed by atoms with Gasteiger partial charge in [-0.25, -0.2) is 19.5 Å². The lowest BCUT2D eigenvalue weighted by molar-refractivity contribution is -0.131. The van der Waals surface area contributed by atoms with E-state index in [9.17, 15) is 22.8 Å². The van der Waals surface area contributed by atoms with Gasteiger partial charge in [0.1, 0.15) is 39.9 Å². The summed E-state index contributed by atoms with van der Waals surface area (Å²) in [5.41, 5.74) is 0.752. The van der Waals surface area contributed by atoms with Crippen LogP contribution >= 0.6 is 11.3 Å². The number of urea groups is 1. The molecule has 3 aromatic rings. The lowest BCUT2D eigenvalue weighted by Gasteiger charge is -2.30. The fourth-order valence-corrected chi connectivity index (χ4v) is 8.19. The Labute approximate surface area is 308 Å². The van der Waals surface area contributed by atoms with Crippen molar-refractivity contribution in [2.24, 2.45) is 5.92 Å². The SMILES string of the molecule is COc1ccc2c(O[C@@H]3C[C@H]4C(=O)N[C@]5(C(=O)NS(=O)(=O)N(C)C)C[C@H]5/C=C\CCCCCN(C)C(=O)N4C3)cc(-c3nc(C(C)C)cs3)nc2c1. The normalized spacial score (nSPS) is 24.9. The number of aromatic nitrogens is 2. The Morgan fingerprint density at radius 3 is 2.65 bits per heavy atom. The largest absolute Gasteiger partial charge is 0.497 e. The highest BCUT2D eigenvalue weighted by atomic mass is 32.2. The van der Waals surface area contributed by atoms with Crippen molar-refractivity contribution in [1.82, 2.24) is 34.1 Å². The molecule has 280 valence electrons. The highest BCUT2D eigenvalue weighted by Gasteiger charge is 2.61. The summed E-state index contributed by atoms with van der Waals surface area (Å²) in [5.74, 6) is -0.369. The van der Waals surface area contributed by atoms with Crippen LogP contribution in [-0.4, -0.2) is 109 Å². The quantitative estimate of drug-likeness (QED) is 0.320. The average molecular weight is 754 g/mol. The number of benzene rings is 1. The predicted molar refractivity (Wildman–Crippen MR) is 198 cm³/mol. The van der Waals surface area contributed by atoms with Gasteiger partial charge >= 0.3 is 16.2 Å². The molecule has 1 saturated heterocycles. The number of carbonyl (C=O) groups is 3. The molecule has 0 unspecified atom stereocenters. The Balaban J connectivity index is 1.33. The number of amides is 4. The number of nitrogens with one attached hydrogen (secondary N) is 2. The van der Waals surface area contributed by atoms with Crippen LogP contribution in [0.5, 0.6) is 11.5 Å².